The predicted octanol–water partition coefficient (Wildman–Crippen LogP) is 2.73. The van der Waals surface area contributed by atoms with Gasteiger partial charge in [-0.1, -0.05) is 6.92 Å². The van der Waals surface area contributed by atoms with Crippen molar-refractivity contribution < 1.29 is 14.3 Å². The molecule has 1 aliphatic rings. The highest BCUT2D eigenvalue weighted by Crippen LogP contribution is 2.33. The smallest absolute Gasteiger partial charge is 0.338 e. The normalized spacial score (nSPS) is 23.4. The van der Waals surface area contributed by atoms with Crippen LogP contribution in [0.1, 0.15) is 37.0 Å². The van der Waals surface area contributed by atoms with Gasteiger partial charge in [-0.25, -0.2) is 9.18 Å². The summed E-state index contributed by atoms with van der Waals surface area (Å²) in [6.07, 6.45) is 2.06. The second-order valence-corrected chi connectivity index (χ2v) is 5.37. The van der Waals surface area contributed by atoms with E-state index in [1.807, 2.05) is 0 Å². The summed E-state index contributed by atoms with van der Waals surface area (Å²) in [7, 11) is 0. The molecule has 0 spiro atoms. The van der Waals surface area contributed by atoms with Crippen molar-refractivity contribution in [1.82, 2.24) is 0 Å². The molecule has 1 aromatic carbocycles. The van der Waals surface area contributed by atoms with Crippen molar-refractivity contribution in [3.63, 3.8) is 0 Å². The van der Waals surface area contributed by atoms with Crippen molar-refractivity contribution in [2.45, 2.75) is 32.7 Å². The fourth-order valence-corrected chi connectivity index (χ4v) is 2.76. The van der Waals surface area contributed by atoms with Gasteiger partial charge in [0.1, 0.15) is 5.82 Å². The summed E-state index contributed by atoms with van der Waals surface area (Å²) in [5.74, 6) is -1.38. The summed E-state index contributed by atoms with van der Waals surface area (Å²) in [5.41, 5.74) is 6.43. The Morgan fingerprint density at radius 3 is 2.74 bits per heavy atom. The first-order chi connectivity index (χ1) is 8.90. The molecule has 5 heteroatoms. The summed E-state index contributed by atoms with van der Waals surface area (Å²) in [5, 5.41) is 8.87. The van der Waals surface area contributed by atoms with E-state index in [4.69, 9.17) is 10.8 Å². The number of piperidine rings is 1. The van der Waals surface area contributed by atoms with Crippen LogP contribution < -0.4 is 10.6 Å². The summed E-state index contributed by atoms with van der Waals surface area (Å²) in [6, 6.07) is 2.73. The number of hydrogen-bond donors (Lipinski definition) is 2. The van der Waals surface area contributed by atoms with Crippen molar-refractivity contribution in [1.29, 1.82) is 0 Å². The number of aromatic carboxylic acids is 1. The third-order valence-corrected chi connectivity index (χ3v) is 3.79. The van der Waals surface area contributed by atoms with Crippen LogP contribution in [0.2, 0.25) is 0 Å². The molecule has 1 saturated heterocycles. The maximum atomic E-state index is 13.8. The minimum absolute atomic E-state index is 0.279. The van der Waals surface area contributed by atoms with Gasteiger partial charge in [0.05, 0.1) is 16.9 Å². The topological polar surface area (TPSA) is 66.6 Å². The van der Waals surface area contributed by atoms with E-state index in [2.05, 4.69) is 18.7 Å². The molecule has 1 heterocycles. The fourth-order valence-electron chi connectivity index (χ4n) is 2.76. The minimum atomic E-state index is -1.30. The Hall–Kier alpha value is -1.78. The Kier molecular flexibility index (Phi) is 3.64. The van der Waals surface area contributed by atoms with Crippen LogP contribution in [-0.4, -0.2) is 23.7 Å². The van der Waals surface area contributed by atoms with Gasteiger partial charge in [-0.3, -0.25) is 0 Å². The van der Waals surface area contributed by atoms with Crippen molar-refractivity contribution in [2.24, 2.45) is 5.92 Å². The Morgan fingerprint density at radius 2 is 2.16 bits per heavy atom. The maximum Gasteiger partial charge on any atom is 0.338 e. The molecule has 19 heavy (non-hydrogen) atoms. The van der Waals surface area contributed by atoms with Crippen LogP contribution >= 0.6 is 0 Å². The number of nitrogens with zero attached hydrogens (tertiary/aromatic N) is 1. The fraction of sp³-hybridized carbons (Fsp3) is 0.500. The number of carboxylic acid groups (broad SMARTS) is 1. The van der Waals surface area contributed by atoms with E-state index in [1.165, 1.54) is 12.1 Å². The quantitative estimate of drug-likeness (QED) is 0.808. The monoisotopic (exact) mass is 266 g/mol. The third-order valence-electron chi connectivity index (χ3n) is 3.79. The molecule has 4 nitrogen and oxygen atoms in total. The van der Waals surface area contributed by atoms with Crippen molar-refractivity contribution >= 4 is 17.3 Å². The lowest BCUT2D eigenvalue weighted by molar-refractivity contribution is 0.0692. The molecular formula is C14H19FN2O2. The Balaban J connectivity index is 2.35. The molecular weight excluding hydrogens is 247 g/mol. The first kappa shape index (κ1) is 13.6. The van der Waals surface area contributed by atoms with E-state index < -0.39 is 11.8 Å². The summed E-state index contributed by atoms with van der Waals surface area (Å²) >= 11 is 0. The second-order valence-electron chi connectivity index (χ2n) is 5.37. The van der Waals surface area contributed by atoms with Gasteiger partial charge < -0.3 is 15.7 Å². The van der Waals surface area contributed by atoms with Crippen LogP contribution in [-0.2, 0) is 0 Å². The number of nitrogen functional groups attached to an aromatic ring is 1. The van der Waals surface area contributed by atoms with E-state index in [0.29, 0.717) is 17.3 Å². The molecule has 0 aromatic heterocycles. The molecule has 1 aromatic rings. The van der Waals surface area contributed by atoms with E-state index in [-0.39, 0.29) is 11.6 Å². The largest absolute Gasteiger partial charge is 0.478 e. The number of carboxylic acids is 1. The molecule has 1 fully saturated rings. The zero-order valence-corrected chi connectivity index (χ0v) is 11.2. The molecule has 0 radical (unpaired) electrons. The van der Waals surface area contributed by atoms with Crippen molar-refractivity contribution in [3.05, 3.63) is 23.5 Å². The molecule has 2 rings (SSSR count). The van der Waals surface area contributed by atoms with Crippen molar-refractivity contribution in [3.8, 4) is 0 Å². The Labute approximate surface area is 112 Å². The van der Waals surface area contributed by atoms with Crippen LogP contribution in [0.4, 0.5) is 15.8 Å². The lowest BCUT2D eigenvalue weighted by atomic mass is 9.92. The van der Waals surface area contributed by atoms with Crippen LogP contribution in [0.5, 0.6) is 0 Å². The predicted molar refractivity (Wildman–Crippen MR) is 73.0 cm³/mol. The number of benzene rings is 1. The van der Waals surface area contributed by atoms with Gasteiger partial charge in [0.2, 0.25) is 0 Å². The van der Waals surface area contributed by atoms with Gasteiger partial charge in [-0.2, -0.15) is 0 Å². The van der Waals surface area contributed by atoms with E-state index in [0.717, 1.165) is 19.4 Å². The molecule has 104 valence electrons. The number of rotatable bonds is 2. The van der Waals surface area contributed by atoms with Crippen LogP contribution in [0.3, 0.4) is 0 Å². The number of nitrogens with two attached hydrogens (primary N) is 1. The average Bonchev–Trinajstić information content (AvgIpc) is 2.32. The van der Waals surface area contributed by atoms with Crippen LogP contribution in [0, 0.1) is 11.7 Å². The summed E-state index contributed by atoms with van der Waals surface area (Å²) < 4.78 is 13.8. The van der Waals surface area contributed by atoms with E-state index in [1.54, 1.807) is 0 Å². The highest BCUT2D eigenvalue weighted by molar-refractivity contribution is 5.91. The third kappa shape index (κ3) is 2.64. The van der Waals surface area contributed by atoms with Gasteiger partial charge in [0.15, 0.2) is 0 Å². The Bertz CT molecular complexity index is 504. The standard InChI is InChI=1S/C14H19FN2O2/c1-8-3-4-17(9(2)5-8)13-7-11(15)10(14(18)19)6-12(13)16/h6-9H,3-5,16H2,1-2H3,(H,18,19). The minimum Gasteiger partial charge on any atom is -0.478 e. The lowest BCUT2D eigenvalue weighted by Gasteiger charge is -2.39. The molecule has 2 unspecified atom stereocenters. The number of carbonyl (C=O) groups is 1. The van der Waals surface area contributed by atoms with Gasteiger partial charge in [0, 0.05) is 18.7 Å². The number of anilines is 2. The van der Waals surface area contributed by atoms with Gasteiger partial charge in [-0.15, -0.1) is 0 Å². The van der Waals surface area contributed by atoms with Crippen LogP contribution in [0.25, 0.3) is 0 Å². The SMILES string of the molecule is CC1CCN(c2cc(F)c(C(=O)O)cc2N)C(C)C1. The summed E-state index contributed by atoms with van der Waals surface area (Å²) in [6.45, 7) is 5.10. The first-order valence-corrected chi connectivity index (χ1v) is 6.49. The molecule has 2 atom stereocenters. The van der Waals surface area contributed by atoms with Crippen LogP contribution in [0.15, 0.2) is 12.1 Å². The second kappa shape index (κ2) is 5.07. The van der Waals surface area contributed by atoms with E-state index >= 15 is 0 Å². The van der Waals surface area contributed by atoms with E-state index in [9.17, 15) is 9.18 Å². The average molecular weight is 266 g/mol. The highest BCUT2D eigenvalue weighted by Gasteiger charge is 2.25. The summed E-state index contributed by atoms with van der Waals surface area (Å²) in [4.78, 5) is 12.9. The molecule has 1 aliphatic heterocycles. The molecule has 0 saturated carbocycles. The number of halogens is 1. The first-order valence-electron chi connectivity index (χ1n) is 6.49. The molecule has 3 N–H and O–H groups in total. The zero-order valence-electron chi connectivity index (χ0n) is 11.2. The van der Waals surface area contributed by atoms with Gasteiger partial charge >= 0.3 is 5.97 Å². The van der Waals surface area contributed by atoms with Gasteiger partial charge in [-0.05, 0) is 31.7 Å². The van der Waals surface area contributed by atoms with Crippen molar-refractivity contribution in [2.75, 3.05) is 17.2 Å². The molecule has 0 amide bonds. The lowest BCUT2D eigenvalue weighted by Crippen LogP contribution is -2.40. The number of hydrogen-bond acceptors (Lipinski definition) is 3. The highest BCUT2D eigenvalue weighted by atomic mass is 19.1. The molecule has 0 bridgehead atoms. The van der Waals surface area contributed by atoms with Gasteiger partial charge in [0.25, 0.3) is 0 Å². The zero-order chi connectivity index (χ0) is 14.2. The molecule has 0 aliphatic carbocycles. The maximum absolute atomic E-state index is 13.8. The Morgan fingerprint density at radius 1 is 1.47 bits per heavy atom.